The van der Waals surface area contributed by atoms with Crippen molar-refractivity contribution >= 4 is 5.91 Å². The molecule has 1 fully saturated rings. The van der Waals surface area contributed by atoms with Crippen LogP contribution in [0.15, 0.2) is 0 Å². The maximum Gasteiger partial charge on any atom is 0.222 e. The Labute approximate surface area is 110 Å². The van der Waals surface area contributed by atoms with E-state index in [-0.39, 0.29) is 12.0 Å². The highest BCUT2D eigenvalue weighted by molar-refractivity contribution is 5.76. The van der Waals surface area contributed by atoms with Crippen molar-refractivity contribution in [2.75, 3.05) is 39.8 Å². The Morgan fingerprint density at radius 3 is 2.56 bits per heavy atom. The first-order valence-corrected chi connectivity index (χ1v) is 6.98. The average molecular weight is 257 g/mol. The number of nitrogens with one attached hydrogen (secondary N) is 1. The summed E-state index contributed by atoms with van der Waals surface area (Å²) in [5.74, 6) is 0.0297. The zero-order chi connectivity index (χ0) is 13.2. The highest BCUT2D eigenvalue weighted by Crippen LogP contribution is 2.08. The van der Waals surface area contributed by atoms with Crippen LogP contribution in [-0.2, 0) is 9.53 Å². The number of ether oxygens (including phenoxy) is 1. The lowest BCUT2D eigenvalue weighted by Gasteiger charge is -2.20. The van der Waals surface area contributed by atoms with E-state index in [1.165, 1.54) is 38.8 Å². The van der Waals surface area contributed by atoms with Crippen LogP contribution in [-0.4, -0.2) is 56.7 Å². The minimum Gasteiger partial charge on any atom is -0.380 e. The van der Waals surface area contributed by atoms with E-state index >= 15 is 0 Å². The van der Waals surface area contributed by atoms with E-state index in [0.717, 1.165) is 13.1 Å². The highest BCUT2D eigenvalue weighted by Gasteiger charge is 2.12. The largest absolute Gasteiger partial charge is 0.380 e. The molecule has 1 saturated heterocycles. The Morgan fingerprint density at radius 2 is 2.00 bits per heavy atom. The topological polar surface area (TPSA) is 67.6 Å². The third-order valence-electron chi connectivity index (χ3n) is 3.46. The summed E-state index contributed by atoms with van der Waals surface area (Å²) >= 11 is 0. The molecule has 0 aromatic carbocycles. The number of amides is 1. The Morgan fingerprint density at radius 1 is 1.33 bits per heavy atom. The van der Waals surface area contributed by atoms with Crippen LogP contribution in [0.1, 0.15) is 32.1 Å². The lowest BCUT2D eigenvalue weighted by Crippen LogP contribution is -2.37. The number of likely N-dealkylation sites (tertiary alicyclic amines) is 1. The van der Waals surface area contributed by atoms with Gasteiger partial charge in [0.25, 0.3) is 0 Å². The van der Waals surface area contributed by atoms with E-state index in [4.69, 9.17) is 10.5 Å². The molecule has 1 amide bonds. The van der Waals surface area contributed by atoms with Crippen LogP contribution in [0.3, 0.4) is 0 Å². The molecule has 1 unspecified atom stereocenters. The molecule has 0 aromatic rings. The molecule has 0 saturated carbocycles. The fraction of sp³-hybridized carbons (Fsp3) is 0.923. The van der Waals surface area contributed by atoms with Gasteiger partial charge >= 0.3 is 0 Å². The summed E-state index contributed by atoms with van der Waals surface area (Å²) in [4.78, 5) is 14.1. The van der Waals surface area contributed by atoms with E-state index in [9.17, 15) is 4.79 Å². The Hall–Kier alpha value is -0.650. The predicted molar refractivity (Wildman–Crippen MR) is 72.4 cm³/mol. The summed E-state index contributed by atoms with van der Waals surface area (Å²) in [5.41, 5.74) is 5.48. The van der Waals surface area contributed by atoms with Crippen molar-refractivity contribution in [3.63, 3.8) is 0 Å². The Bertz CT molecular complexity index is 224. The Kier molecular flexibility index (Phi) is 7.96. The molecular formula is C13H27N3O2. The summed E-state index contributed by atoms with van der Waals surface area (Å²) in [7, 11) is 1.59. The molecule has 1 atom stereocenters. The van der Waals surface area contributed by atoms with Gasteiger partial charge in [0, 0.05) is 26.7 Å². The van der Waals surface area contributed by atoms with Crippen LogP contribution >= 0.6 is 0 Å². The van der Waals surface area contributed by atoms with Crippen molar-refractivity contribution in [3.8, 4) is 0 Å². The van der Waals surface area contributed by atoms with Gasteiger partial charge in [-0.05, 0) is 25.9 Å². The fourth-order valence-electron chi connectivity index (χ4n) is 2.26. The first-order valence-electron chi connectivity index (χ1n) is 6.98. The summed E-state index contributed by atoms with van der Waals surface area (Å²) in [6.45, 7) is 4.39. The van der Waals surface area contributed by atoms with Crippen molar-refractivity contribution in [1.82, 2.24) is 10.2 Å². The van der Waals surface area contributed by atoms with E-state index in [1.54, 1.807) is 7.11 Å². The van der Waals surface area contributed by atoms with E-state index in [1.807, 2.05) is 0 Å². The van der Waals surface area contributed by atoms with Gasteiger partial charge in [0.1, 0.15) is 0 Å². The molecule has 106 valence electrons. The maximum atomic E-state index is 11.6. The van der Waals surface area contributed by atoms with Crippen molar-refractivity contribution in [2.24, 2.45) is 5.73 Å². The molecule has 1 aliphatic rings. The Balaban J connectivity index is 2.10. The number of carbonyl (C=O) groups is 1. The van der Waals surface area contributed by atoms with E-state index in [2.05, 4.69) is 10.2 Å². The van der Waals surface area contributed by atoms with Crippen LogP contribution in [0.4, 0.5) is 0 Å². The second-order valence-corrected chi connectivity index (χ2v) is 4.90. The summed E-state index contributed by atoms with van der Waals surface area (Å²) in [6.07, 6.45) is 5.44. The van der Waals surface area contributed by atoms with E-state index < -0.39 is 0 Å². The minimum atomic E-state index is -0.164. The number of carbonyl (C=O) groups excluding carboxylic acids is 1. The smallest absolute Gasteiger partial charge is 0.222 e. The van der Waals surface area contributed by atoms with Gasteiger partial charge in [0.2, 0.25) is 5.91 Å². The third-order valence-corrected chi connectivity index (χ3v) is 3.46. The molecule has 1 rings (SSSR count). The molecule has 1 heterocycles. The van der Waals surface area contributed by atoms with Gasteiger partial charge in [0.15, 0.2) is 0 Å². The van der Waals surface area contributed by atoms with Gasteiger partial charge in [-0.2, -0.15) is 0 Å². The molecule has 5 nitrogen and oxygen atoms in total. The fourth-order valence-corrected chi connectivity index (χ4v) is 2.26. The van der Waals surface area contributed by atoms with Gasteiger partial charge in [-0.3, -0.25) is 4.79 Å². The molecule has 3 N–H and O–H groups in total. The van der Waals surface area contributed by atoms with Crippen molar-refractivity contribution in [1.29, 1.82) is 0 Å². The molecule has 0 aromatic heterocycles. The lowest BCUT2D eigenvalue weighted by molar-refractivity contribution is -0.123. The van der Waals surface area contributed by atoms with Crippen molar-refractivity contribution in [3.05, 3.63) is 0 Å². The van der Waals surface area contributed by atoms with Crippen molar-refractivity contribution < 1.29 is 9.53 Å². The van der Waals surface area contributed by atoms with Gasteiger partial charge in [-0.25, -0.2) is 0 Å². The zero-order valence-corrected chi connectivity index (χ0v) is 11.5. The van der Waals surface area contributed by atoms with Crippen LogP contribution < -0.4 is 11.1 Å². The van der Waals surface area contributed by atoms with Crippen LogP contribution in [0.25, 0.3) is 0 Å². The van der Waals surface area contributed by atoms with Gasteiger partial charge < -0.3 is 20.7 Å². The molecule has 18 heavy (non-hydrogen) atoms. The monoisotopic (exact) mass is 257 g/mol. The van der Waals surface area contributed by atoms with Gasteiger partial charge in [-0.15, -0.1) is 0 Å². The third kappa shape index (κ3) is 6.33. The SMILES string of the molecule is COC(CN)CC(=O)NCCN1CCCCCC1. The maximum absolute atomic E-state index is 11.6. The van der Waals surface area contributed by atoms with Crippen molar-refractivity contribution in [2.45, 2.75) is 38.2 Å². The molecule has 5 heteroatoms. The summed E-state index contributed by atoms with van der Waals surface area (Å²) in [5, 5.41) is 2.93. The second-order valence-electron chi connectivity index (χ2n) is 4.90. The van der Waals surface area contributed by atoms with Crippen LogP contribution in [0.5, 0.6) is 0 Å². The molecule has 0 spiro atoms. The standard InChI is InChI=1S/C13H27N3O2/c1-18-12(11-14)10-13(17)15-6-9-16-7-4-2-3-5-8-16/h12H,2-11,14H2,1H3,(H,15,17). The number of hydrogen-bond donors (Lipinski definition) is 2. The number of hydrogen-bond acceptors (Lipinski definition) is 4. The summed E-state index contributed by atoms with van der Waals surface area (Å²) in [6, 6.07) is 0. The molecule has 0 radical (unpaired) electrons. The highest BCUT2D eigenvalue weighted by atomic mass is 16.5. The van der Waals surface area contributed by atoms with E-state index in [0.29, 0.717) is 13.0 Å². The number of rotatable bonds is 7. The first-order chi connectivity index (χ1) is 8.76. The minimum absolute atomic E-state index is 0.0297. The first kappa shape index (κ1) is 15.4. The van der Waals surface area contributed by atoms with Crippen LogP contribution in [0.2, 0.25) is 0 Å². The number of methoxy groups -OCH3 is 1. The molecule has 0 aliphatic carbocycles. The predicted octanol–water partition coefficient (Wildman–Crippen LogP) is 0.342. The molecule has 1 aliphatic heterocycles. The lowest BCUT2D eigenvalue weighted by atomic mass is 10.2. The quantitative estimate of drug-likeness (QED) is 0.690. The normalized spacial score (nSPS) is 19.2. The zero-order valence-electron chi connectivity index (χ0n) is 11.5. The number of nitrogens with two attached hydrogens (primary N) is 1. The number of nitrogens with zero attached hydrogens (tertiary/aromatic N) is 1. The van der Waals surface area contributed by atoms with Crippen LogP contribution in [0, 0.1) is 0 Å². The molecular weight excluding hydrogens is 230 g/mol. The molecule has 0 bridgehead atoms. The average Bonchev–Trinajstić information content (AvgIpc) is 2.64. The summed E-state index contributed by atoms with van der Waals surface area (Å²) < 4.78 is 5.09. The van der Waals surface area contributed by atoms with Gasteiger partial charge in [0.05, 0.1) is 12.5 Å². The second kappa shape index (κ2) is 9.30. The van der Waals surface area contributed by atoms with Gasteiger partial charge in [-0.1, -0.05) is 12.8 Å².